The molecule has 0 aromatic carbocycles. The Balaban J connectivity index is 2.54. The van der Waals surface area contributed by atoms with E-state index in [2.05, 4.69) is 4.98 Å². The van der Waals surface area contributed by atoms with Crippen molar-refractivity contribution in [3.8, 4) is 16.8 Å². The lowest BCUT2D eigenvalue weighted by molar-refractivity contribution is 0.595. The van der Waals surface area contributed by atoms with Crippen LogP contribution in [0, 0.1) is 11.3 Å². The highest BCUT2D eigenvalue weighted by atomic mass is 35.5. The number of oxazole rings is 1. The van der Waals surface area contributed by atoms with Crippen LogP contribution < -0.4 is 5.73 Å². The molecule has 0 radical (unpaired) electrons. The van der Waals surface area contributed by atoms with Crippen molar-refractivity contribution in [3.05, 3.63) is 22.2 Å². The fourth-order valence-corrected chi connectivity index (χ4v) is 2.02. The van der Waals surface area contributed by atoms with Crippen molar-refractivity contribution in [1.29, 1.82) is 5.26 Å². The number of nitrogen functional groups attached to an aromatic ring is 1. The minimum absolute atomic E-state index is 0.0203. The number of aromatic nitrogens is 1. The van der Waals surface area contributed by atoms with Gasteiger partial charge in [0.25, 0.3) is 0 Å². The number of nitrogens with zero attached hydrogens (tertiary/aromatic N) is 2. The summed E-state index contributed by atoms with van der Waals surface area (Å²) < 4.78 is 5.10. The number of hydrogen-bond acceptors (Lipinski definition) is 5. The molecule has 0 aliphatic carbocycles. The van der Waals surface area contributed by atoms with Crippen LogP contribution in [-0.4, -0.2) is 4.98 Å². The largest absolute Gasteiger partial charge is 0.419 e. The van der Waals surface area contributed by atoms with Gasteiger partial charge in [0.1, 0.15) is 10.9 Å². The SMILES string of the molecule is N#Cc1nc(-c2sccc2Cl)oc1N. The Morgan fingerprint density at radius 3 is 2.93 bits per heavy atom. The Morgan fingerprint density at radius 1 is 1.64 bits per heavy atom. The van der Waals surface area contributed by atoms with E-state index < -0.39 is 0 Å². The lowest BCUT2D eigenvalue weighted by atomic mass is 10.4. The molecule has 70 valence electrons. The molecule has 14 heavy (non-hydrogen) atoms. The van der Waals surface area contributed by atoms with Gasteiger partial charge in [0, 0.05) is 0 Å². The maximum atomic E-state index is 8.62. The van der Waals surface area contributed by atoms with Crippen LogP contribution >= 0.6 is 22.9 Å². The predicted molar refractivity (Wildman–Crippen MR) is 54.0 cm³/mol. The van der Waals surface area contributed by atoms with Crippen LogP contribution in [-0.2, 0) is 0 Å². The molecule has 2 aromatic heterocycles. The van der Waals surface area contributed by atoms with Crippen molar-refractivity contribution in [1.82, 2.24) is 4.98 Å². The first-order valence-electron chi connectivity index (χ1n) is 3.62. The molecule has 2 heterocycles. The summed E-state index contributed by atoms with van der Waals surface area (Å²) in [5, 5.41) is 11.0. The predicted octanol–water partition coefficient (Wildman–Crippen LogP) is 2.51. The van der Waals surface area contributed by atoms with E-state index in [1.807, 2.05) is 11.4 Å². The first-order valence-corrected chi connectivity index (χ1v) is 4.88. The number of thiophene rings is 1. The number of anilines is 1. The van der Waals surface area contributed by atoms with E-state index in [9.17, 15) is 0 Å². The summed E-state index contributed by atoms with van der Waals surface area (Å²) in [7, 11) is 0. The number of hydrogen-bond donors (Lipinski definition) is 1. The average molecular weight is 226 g/mol. The van der Waals surface area contributed by atoms with E-state index in [4.69, 9.17) is 27.0 Å². The topological polar surface area (TPSA) is 75.8 Å². The minimum atomic E-state index is 0.0203. The molecule has 0 saturated heterocycles. The van der Waals surface area contributed by atoms with Gasteiger partial charge in [-0.3, -0.25) is 0 Å². The van der Waals surface area contributed by atoms with E-state index in [1.54, 1.807) is 6.07 Å². The smallest absolute Gasteiger partial charge is 0.241 e. The van der Waals surface area contributed by atoms with Gasteiger partial charge in [0.05, 0.1) is 5.02 Å². The van der Waals surface area contributed by atoms with Gasteiger partial charge in [0.2, 0.25) is 17.5 Å². The highest BCUT2D eigenvalue weighted by Crippen LogP contribution is 2.33. The van der Waals surface area contributed by atoms with Gasteiger partial charge in [-0.2, -0.15) is 10.2 Å². The van der Waals surface area contributed by atoms with Crippen LogP contribution in [0.3, 0.4) is 0 Å². The molecule has 0 aliphatic rings. The monoisotopic (exact) mass is 225 g/mol. The summed E-state index contributed by atoms with van der Waals surface area (Å²) in [4.78, 5) is 4.59. The fourth-order valence-electron chi connectivity index (χ4n) is 0.956. The second-order valence-electron chi connectivity index (χ2n) is 2.44. The maximum absolute atomic E-state index is 8.62. The summed E-state index contributed by atoms with van der Waals surface area (Å²) in [6.45, 7) is 0. The van der Waals surface area contributed by atoms with Crippen molar-refractivity contribution in [3.63, 3.8) is 0 Å². The number of halogens is 1. The summed E-state index contributed by atoms with van der Waals surface area (Å²) in [5.41, 5.74) is 5.51. The Bertz CT molecular complexity index is 511. The maximum Gasteiger partial charge on any atom is 0.241 e. The number of rotatable bonds is 1. The van der Waals surface area contributed by atoms with Gasteiger partial charge in [-0.05, 0) is 11.4 Å². The van der Waals surface area contributed by atoms with Crippen molar-refractivity contribution in [2.45, 2.75) is 0 Å². The van der Waals surface area contributed by atoms with Crippen molar-refractivity contribution in [2.24, 2.45) is 0 Å². The molecule has 6 heteroatoms. The molecule has 0 fully saturated rings. The highest BCUT2D eigenvalue weighted by molar-refractivity contribution is 7.14. The summed E-state index contributed by atoms with van der Waals surface area (Å²) in [6.07, 6.45) is 0. The molecular weight excluding hydrogens is 222 g/mol. The highest BCUT2D eigenvalue weighted by Gasteiger charge is 2.15. The van der Waals surface area contributed by atoms with Gasteiger partial charge in [-0.15, -0.1) is 11.3 Å². The normalized spacial score (nSPS) is 10.0. The Hall–Kier alpha value is -1.51. The van der Waals surface area contributed by atoms with Gasteiger partial charge in [-0.25, -0.2) is 0 Å². The van der Waals surface area contributed by atoms with Crippen LogP contribution in [0.4, 0.5) is 5.88 Å². The molecule has 4 nitrogen and oxygen atoms in total. The second-order valence-corrected chi connectivity index (χ2v) is 3.76. The molecule has 0 saturated carbocycles. The Kier molecular flexibility index (Phi) is 2.15. The van der Waals surface area contributed by atoms with E-state index in [-0.39, 0.29) is 11.6 Å². The van der Waals surface area contributed by atoms with Crippen LogP contribution in [0.2, 0.25) is 5.02 Å². The number of nitrogens with two attached hydrogens (primary N) is 1. The zero-order valence-corrected chi connectivity index (χ0v) is 8.39. The molecule has 0 bridgehead atoms. The molecule has 0 aliphatic heterocycles. The standard InChI is InChI=1S/C8H4ClN3OS/c9-4-1-2-14-6(4)8-12-5(3-10)7(11)13-8/h1-2H,11H2. The van der Waals surface area contributed by atoms with Crippen molar-refractivity contribution < 1.29 is 4.42 Å². The molecule has 0 unspecified atom stereocenters. The molecule has 2 N–H and O–H groups in total. The zero-order valence-electron chi connectivity index (χ0n) is 6.82. The van der Waals surface area contributed by atoms with Gasteiger partial charge in [-0.1, -0.05) is 11.6 Å². The summed E-state index contributed by atoms with van der Waals surface area (Å²) in [5.74, 6) is 0.311. The third-order valence-corrected chi connectivity index (χ3v) is 2.90. The van der Waals surface area contributed by atoms with E-state index >= 15 is 0 Å². The molecule has 0 spiro atoms. The van der Waals surface area contributed by atoms with Crippen LogP contribution in [0.15, 0.2) is 15.9 Å². The minimum Gasteiger partial charge on any atom is -0.419 e. The number of nitriles is 1. The van der Waals surface area contributed by atoms with E-state index in [1.165, 1.54) is 11.3 Å². The average Bonchev–Trinajstić information content (AvgIpc) is 2.71. The lowest BCUT2D eigenvalue weighted by Gasteiger charge is -1.88. The fraction of sp³-hybridized carbons (Fsp3) is 0. The first kappa shape index (κ1) is 9.06. The van der Waals surface area contributed by atoms with E-state index in [0.717, 1.165) is 0 Å². The molecule has 0 amide bonds. The van der Waals surface area contributed by atoms with E-state index in [0.29, 0.717) is 15.8 Å². The molecular formula is C8H4ClN3OS. The van der Waals surface area contributed by atoms with Crippen molar-refractivity contribution >= 4 is 28.8 Å². The summed E-state index contributed by atoms with van der Waals surface area (Å²) >= 11 is 7.25. The third-order valence-electron chi connectivity index (χ3n) is 1.57. The zero-order chi connectivity index (χ0) is 10.1. The van der Waals surface area contributed by atoms with Crippen LogP contribution in [0.1, 0.15) is 5.69 Å². The molecule has 2 rings (SSSR count). The Morgan fingerprint density at radius 2 is 2.43 bits per heavy atom. The molecule has 0 atom stereocenters. The summed E-state index contributed by atoms with van der Waals surface area (Å²) in [6, 6.07) is 3.56. The van der Waals surface area contributed by atoms with Crippen LogP contribution in [0.5, 0.6) is 0 Å². The van der Waals surface area contributed by atoms with Gasteiger partial charge < -0.3 is 10.2 Å². The first-order chi connectivity index (χ1) is 6.72. The third kappa shape index (κ3) is 1.35. The lowest BCUT2D eigenvalue weighted by Crippen LogP contribution is -1.83. The Labute approximate surface area is 88.5 Å². The quantitative estimate of drug-likeness (QED) is 0.809. The van der Waals surface area contributed by atoms with Crippen LogP contribution in [0.25, 0.3) is 10.8 Å². The van der Waals surface area contributed by atoms with Gasteiger partial charge >= 0.3 is 0 Å². The van der Waals surface area contributed by atoms with Crippen molar-refractivity contribution in [2.75, 3.05) is 5.73 Å². The second kappa shape index (κ2) is 3.33. The molecule has 2 aromatic rings. The van der Waals surface area contributed by atoms with Gasteiger partial charge in [0.15, 0.2) is 0 Å².